The Morgan fingerprint density at radius 2 is 2.05 bits per heavy atom. The molecule has 0 saturated carbocycles. The molecule has 2 aromatic rings. The number of aryl methyl sites for hydroxylation is 1. The molecule has 4 nitrogen and oxygen atoms in total. The summed E-state index contributed by atoms with van der Waals surface area (Å²) in [7, 11) is 0. The van der Waals surface area contributed by atoms with Crippen LogP contribution >= 0.6 is 23.3 Å². The third-order valence-electron chi connectivity index (χ3n) is 3.32. The molecule has 0 bridgehead atoms. The number of nitrogens with zero attached hydrogens (tertiary/aromatic N) is 2. The van der Waals surface area contributed by atoms with Gasteiger partial charge in [-0.3, -0.25) is 0 Å². The molecule has 1 atom stereocenters. The van der Waals surface area contributed by atoms with E-state index in [1.807, 2.05) is 18.2 Å². The Morgan fingerprint density at radius 3 is 2.62 bits per heavy atom. The predicted molar refractivity (Wildman–Crippen MR) is 88.9 cm³/mol. The van der Waals surface area contributed by atoms with E-state index in [0.29, 0.717) is 0 Å². The van der Waals surface area contributed by atoms with E-state index in [2.05, 4.69) is 40.7 Å². The summed E-state index contributed by atoms with van der Waals surface area (Å²) in [5.41, 5.74) is 0.653. The van der Waals surface area contributed by atoms with Crippen molar-refractivity contribution in [3.63, 3.8) is 0 Å². The Balaban J connectivity index is 2.16. The van der Waals surface area contributed by atoms with Crippen LogP contribution in [0.15, 0.2) is 34.7 Å². The molecule has 2 rings (SSSR count). The number of aliphatic hydroxyl groups is 1. The van der Waals surface area contributed by atoms with Crippen LogP contribution in [0.2, 0.25) is 0 Å². The number of rotatable bonds is 8. The van der Waals surface area contributed by atoms with E-state index >= 15 is 0 Å². The Morgan fingerprint density at radius 1 is 1.29 bits per heavy atom. The smallest absolute Gasteiger partial charge is 0.170 e. The first-order chi connectivity index (χ1) is 10.2. The highest BCUT2D eigenvalue weighted by Crippen LogP contribution is 2.30. The van der Waals surface area contributed by atoms with Gasteiger partial charge in [0.25, 0.3) is 0 Å². The number of nitrogens with one attached hydrogen (secondary N) is 1. The van der Waals surface area contributed by atoms with Crippen LogP contribution in [-0.2, 0) is 12.0 Å². The first-order valence-electron chi connectivity index (χ1n) is 7.11. The van der Waals surface area contributed by atoms with Crippen LogP contribution < -0.4 is 5.32 Å². The molecule has 6 heteroatoms. The summed E-state index contributed by atoms with van der Waals surface area (Å²) in [5, 5.41) is 13.4. The van der Waals surface area contributed by atoms with E-state index < -0.39 is 5.54 Å². The minimum Gasteiger partial charge on any atom is -0.394 e. The highest BCUT2D eigenvalue weighted by molar-refractivity contribution is 8.01. The van der Waals surface area contributed by atoms with Crippen molar-refractivity contribution >= 4 is 23.3 Å². The number of likely N-dealkylation sites (N-methyl/N-ethyl adjacent to an activating group) is 1. The number of hydrogen-bond acceptors (Lipinski definition) is 6. The number of aliphatic hydroxyl groups excluding tert-OH is 1. The molecule has 114 valence electrons. The van der Waals surface area contributed by atoms with Crippen molar-refractivity contribution in [3.8, 4) is 0 Å². The van der Waals surface area contributed by atoms with Gasteiger partial charge in [-0.25, -0.2) is 4.98 Å². The Kier molecular flexibility index (Phi) is 6.17. The van der Waals surface area contributed by atoms with Crippen molar-refractivity contribution in [1.29, 1.82) is 0 Å². The molecular formula is C15H21N3OS2. The maximum atomic E-state index is 9.98. The van der Waals surface area contributed by atoms with Crippen LogP contribution in [0, 0.1) is 0 Å². The minimum absolute atomic E-state index is 0.0529. The van der Waals surface area contributed by atoms with Gasteiger partial charge in [-0.05, 0) is 23.6 Å². The lowest BCUT2D eigenvalue weighted by atomic mass is 9.92. The molecule has 0 fully saturated rings. The van der Waals surface area contributed by atoms with Gasteiger partial charge in [-0.15, -0.1) is 0 Å². The summed E-state index contributed by atoms with van der Waals surface area (Å²) < 4.78 is 5.26. The standard InChI is InChI=1S/C15H21N3OS2/c1-3-13-17-14(21-18-13)20-11-15(10-19,16-4-2)12-8-6-5-7-9-12/h5-9,16,19H,3-4,10-11H2,1-2H3. The summed E-state index contributed by atoms with van der Waals surface area (Å²) in [4.78, 5) is 4.48. The van der Waals surface area contributed by atoms with Crippen molar-refractivity contribution in [1.82, 2.24) is 14.7 Å². The lowest BCUT2D eigenvalue weighted by Gasteiger charge is -2.32. The van der Waals surface area contributed by atoms with Crippen molar-refractivity contribution in [2.45, 2.75) is 30.1 Å². The van der Waals surface area contributed by atoms with Gasteiger partial charge in [0.2, 0.25) is 0 Å². The summed E-state index contributed by atoms with van der Waals surface area (Å²) >= 11 is 3.08. The van der Waals surface area contributed by atoms with Crippen LogP contribution in [0.1, 0.15) is 25.2 Å². The van der Waals surface area contributed by atoms with Crippen LogP contribution in [0.3, 0.4) is 0 Å². The van der Waals surface area contributed by atoms with Gasteiger partial charge in [0, 0.05) is 12.2 Å². The van der Waals surface area contributed by atoms with Gasteiger partial charge in [-0.1, -0.05) is 55.9 Å². The SMILES string of the molecule is CCNC(CO)(CSc1nc(CC)ns1)c1ccccc1. The molecule has 1 aromatic heterocycles. The van der Waals surface area contributed by atoms with Gasteiger partial charge >= 0.3 is 0 Å². The van der Waals surface area contributed by atoms with Crippen LogP contribution in [0.25, 0.3) is 0 Å². The second-order valence-corrected chi connectivity index (χ2v) is 6.73. The topological polar surface area (TPSA) is 58.0 Å². The number of aromatic nitrogens is 2. The van der Waals surface area contributed by atoms with E-state index in [4.69, 9.17) is 0 Å². The summed E-state index contributed by atoms with van der Waals surface area (Å²) in [6, 6.07) is 10.1. The molecular weight excluding hydrogens is 302 g/mol. The van der Waals surface area contributed by atoms with Crippen molar-refractivity contribution in [2.24, 2.45) is 0 Å². The van der Waals surface area contributed by atoms with E-state index in [-0.39, 0.29) is 6.61 Å². The van der Waals surface area contributed by atoms with E-state index in [1.54, 1.807) is 11.8 Å². The van der Waals surface area contributed by atoms with E-state index in [0.717, 1.165) is 34.4 Å². The monoisotopic (exact) mass is 323 g/mol. The van der Waals surface area contributed by atoms with Crippen molar-refractivity contribution in [3.05, 3.63) is 41.7 Å². The van der Waals surface area contributed by atoms with Gasteiger partial charge in [-0.2, -0.15) is 4.37 Å². The summed E-state index contributed by atoms with van der Waals surface area (Å²) in [5.74, 6) is 1.61. The zero-order chi connectivity index (χ0) is 15.1. The zero-order valence-corrected chi connectivity index (χ0v) is 14.0. The first-order valence-corrected chi connectivity index (χ1v) is 8.86. The average Bonchev–Trinajstić information content (AvgIpc) is 3.00. The average molecular weight is 323 g/mol. The Hall–Kier alpha value is -0.950. The molecule has 21 heavy (non-hydrogen) atoms. The molecule has 0 amide bonds. The zero-order valence-electron chi connectivity index (χ0n) is 12.4. The molecule has 0 saturated heterocycles. The summed E-state index contributed by atoms with van der Waals surface area (Å²) in [6.07, 6.45) is 0.855. The van der Waals surface area contributed by atoms with Crippen molar-refractivity contribution < 1.29 is 5.11 Å². The third kappa shape index (κ3) is 4.03. The lowest BCUT2D eigenvalue weighted by Crippen LogP contribution is -2.47. The van der Waals surface area contributed by atoms with Gasteiger partial charge in [0.05, 0.1) is 12.1 Å². The number of hydrogen-bond donors (Lipinski definition) is 2. The largest absolute Gasteiger partial charge is 0.394 e. The fourth-order valence-electron chi connectivity index (χ4n) is 2.15. The second kappa shape index (κ2) is 7.89. The maximum Gasteiger partial charge on any atom is 0.170 e. The predicted octanol–water partition coefficient (Wildman–Crippen LogP) is 2.69. The number of benzene rings is 1. The van der Waals surface area contributed by atoms with E-state index in [9.17, 15) is 5.11 Å². The normalized spacial score (nSPS) is 14.0. The molecule has 0 aliphatic rings. The Bertz CT molecular complexity index is 547. The highest BCUT2D eigenvalue weighted by Gasteiger charge is 2.31. The fraction of sp³-hybridized carbons (Fsp3) is 0.467. The van der Waals surface area contributed by atoms with E-state index in [1.165, 1.54) is 11.5 Å². The molecule has 2 N–H and O–H groups in total. The summed E-state index contributed by atoms with van der Waals surface area (Å²) in [6.45, 7) is 4.96. The lowest BCUT2D eigenvalue weighted by molar-refractivity contribution is 0.181. The quantitative estimate of drug-likeness (QED) is 0.732. The molecule has 0 spiro atoms. The van der Waals surface area contributed by atoms with Gasteiger partial charge in [0.1, 0.15) is 5.82 Å². The maximum absolute atomic E-state index is 9.98. The molecule has 0 aliphatic carbocycles. The molecule has 0 radical (unpaired) electrons. The molecule has 1 heterocycles. The van der Waals surface area contributed by atoms with Crippen LogP contribution in [0.4, 0.5) is 0 Å². The van der Waals surface area contributed by atoms with Gasteiger partial charge < -0.3 is 10.4 Å². The Labute approximate surface area is 134 Å². The molecule has 0 aliphatic heterocycles. The molecule has 1 unspecified atom stereocenters. The van der Waals surface area contributed by atoms with Gasteiger partial charge in [0.15, 0.2) is 4.34 Å². The number of thioether (sulfide) groups is 1. The van der Waals surface area contributed by atoms with Crippen LogP contribution in [0.5, 0.6) is 0 Å². The fourth-order valence-corrected chi connectivity index (χ4v) is 4.05. The highest BCUT2D eigenvalue weighted by atomic mass is 32.2. The molecule has 1 aromatic carbocycles. The first kappa shape index (κ1) is 16.4. The van der Waals surface area contributed by atoms with Crippen molar-refractivity contribution in [2.75, 3.05) is 18.9 Å². The minimum atomic E-state index is -0.446. The van der Waals surface area contributed by atoms with Crippen LogP contribution in [-0.4, -0.2) is 33.4 Å². The third-order valence-corrected chi connectivity index (χ3v) is 5.42. The second-order valence-electron chi connectivity index (χ2n) is 4.76.